The van der Waals surface area contributed by atoms with Crippen LogP contribution < -0.4 is 5.56 Å². The monoisotopic (exact) mass is 242 g/mol. The Labute approximate surface area is 103 Å². The van der Waals surface area contributed by atoms with Gasteiger partial charge in [0.2, 0.25) is 0 Å². The summed E-state index contributed by atoms with van der Waals surface area (Å²) in [4.78, 5) is 16.4. The van der Waals surface area contributed by atoms with Crippen molar-refractivity contribution in [3.05, 3.63) is 52.3 Å². The molecule has 0 amide bonds. The zero-order chi connectivity index (χ0) is 12.9. The Morgan fingerprint density at radius 1 is 1.22 bits per heavy atom. The smallest absolute Gasteiger partial charge is 0.260 e. The number of para-hydroxylation sites is 1. The second-order valence-electron chi connectivity index (χ2n) is 4.32. The second-order valence-corrected chi connectivity index (χ2v) is 4.32. The molecule has 2 aromatic heterocycles. The van der Waals surface area contributed by atoms with Gasteiger partial charge in [0, 0.05) is 18.6 Å². The molecule has 0 radical (unpaired) electrons. The molecule has 0 aliphatic heterocycles. The van der Waals surface area contributed by atoms with E-state index in [2.05, 4.69) is 4.98 Å². The maximum Gasteiger partial charge on any atom is 0.260 e. The van der Waals surface area contributed by atoms with E-state index < -0.39 is 0 Å². The van der Waals surface area contributed by atoms with E-state index >= 15 is 0 Å². The minimum atomic E-state index is -0.386. The van der Waals surface area contributed by atoms with Gasteiger partial charge in [0.05, 0.1) is 16.6 Å². The molecular formula is C14H11FN2O. The van der Waals surface area contributed by atoms with Crippen LogP contribution in [-0.4, -0.2) is 9.55 Å². The lowest BCUT2D eigenvalue weighted by Crippen LogP contribution is -2.19. The average molecular weight is 242 g/mol. The number of hydrogen-bond donors (Lipinski definition) is 0. The molecule has 3 aromatic rings. The van der Waals surface area contributed by atoms with Gasteiger partial charge in [0.15, 0.2) is 0 Å². The van der Waals surface area contributed by atoms with E-state index in [9.17, 15) is 9.18 Å². The van der Waals surface area contributed by atoms with Gasteiger partial charge in [0.25, 0.3) is 5.56 Å². The maximum absolute atomic E-state index is 13.9. The lowest BCUT2D eigenvalue weighted by molar-refractivity contribution is 0.630. The van der Waals surface area contributed by atoms with Crippen molar-refractivity contribution in [2.24, 2.45) is 7.05 Å². The molecule has 90 valence electrons. The summed E-state index contributed by atoms with van der Waals surface area (Å²) >= 11 is 0. The summed E-state index contributed by atoms with van der Waals surface area (Å²) in [6.07, 6.45) is 1.64. The maximum atomic E-state index is 13.9. The minimum Gasteiger partial charge on any atom is -0.308 e. The number of pyridine rings is 2. The first-order valence-electron chi connectivity index (χ1n) is 5.64. The van der Waals surface area contributed by atoms with Crippen LogP contribution >= 0.6 is 0 Å². The molecule has 0 N–H and O–H groups in total. The average Bonchev–Trinajstić information content (AvgIpc) is 2.35. The van der Waals surface area contributed by atoms with Gasteiger partial charge in [0.1, 0.15) is 5.82 Å². The highest BCUT2D eigenvalue weighted by atomic mass is 19.1. The van der Waals surface area contributed by atoms with Crippen molar-refractivity contribution in [3.63, 3.8) is 0 Å². The number of hydrogen-bond acceptors (Lipinski definition) is 2. The number of nitrogens with zero attached hydrogens (tertiary/aromatic N) is 2. The Balaban J connectivity index is 2.77. The standard InChI is InChI=1S/C14H11FN2O/c1-8-12-9(6-7-16-8)10-4-3-5-11(15)13(10)17(2)14(12)18/h3-7H,1-2H3. The van der Waals surface area contributed by atoms with E-state index in [1.165, 1.54) is 10.6 Å². The van der Waals surface area contributed by atoms with Crippen LogP contribution in [0.1, 0.15) is 5.69 Å². The van der Waals surface area contributed by atoms with Crippen LogP contribution in [0.25, 0.3) is 21.7 Å². The molecular weight excluding hydrogens is 231 g/mol. The SMILES string of the molecule is Cc1nccc2c1c(=O)n(C)c1c(F)cccc21. The number of aryl methyl sites for hydroxylation is 2. The van der Waals surface area contributed by atoms with E-state index in [4.69, 9.17) is 0 Å². The molecule has 4 heteroatoms. The van der Waals surface area contributed by atoms with Gasteiger partial charge < -0.3 is 4.57 Å². The Kier molecular flexibility index (Phi) is 2.20. The minimum absolute atomic E-state index is 0.215. The molecule has 0 fully saturated rings. The summed E-state index contributed by atoms with van der Waals surface area (Å²) in [5.41, 5.74) is 0.785. The summed E-state index contributed by atoms with van der Waals surface area (Å²) < 4.78 is 15.2. The van der Waals surface area contributed by atoms with E-state index in [0.717, 1.165) is 10.8 Å². The van der Waals surface area contributed by atoms with Crippen LogP contribution in [0.15, 0.2) is 35.3 Å². The van der Waals surface area contributed by atoms with Crippen molar-refractivity contribution in [3.8, 4) is 0 Å². The zero-order valence-electron chi connectivity index (χ0n) is 10.1. The molecule has 0 spiro atoms. The van der Waals surface area contributed by atoms with Gasteiger partial charge in [-0.15, -0.1) is 0 Å². The number of halogens is 1. The van der Waals surface area contributed by atoms with Crippen LogP contribution in [0, 0.1) is 12.7 Å². The van der Waals surface area contributed by atoms with Crippen molar-refractivity contribution in [1.82, 2.24) is 9.55 Å². The first kappa shape index (κ1) is 10.9. The first-order chi connectivity index (χ1) is 8.61. The zero-order valence-corrected chi connectivity index (χ0v) is 10.1. The fourth-order valence-corrected chi connectivity index (χ4v) is 2.40. The third-order valence-corrected chi connectivity index (χ3v) is 3.27. The molecule has 0 aliphatic carbocycles. The van der Waals surface area contributed by atoms with Crippen molar-refractivity contribution < 1.29 is 4.39 Å². The Bertz CT molecular complexity index is 836. The normalized spacial score (nSPS) is 11.3. The summed E-state index contributed by atoms with van der Waals surface area (Å²) in [7, 11) is 1.58. The molecule has 0 saturated carbocycles. The highest BCUT2D eigenvalue weighted by Crippen LogP contribution is 2.24. The lowest BCUT2D eigenvalue weighted by atomic mass is 10.1. The van der Waals surface area contributed by atoms with Crippen molar-refractivity contribution in [1.29, 1.82) is 0 Å². The van der Waals surface area contributed by atoms with Crippen LogP contribution in [0.2, 0.25) is 0 Å². The van der Waals surface area contributed by atoms with Gasteiger partial charge >= 0.3 is 0 Å². The Morgan fingerprint density at radius 2 is 2.00 bits per heavy atom. The molecule has 0 atom stereocenters. The largest absolute Gasteiger partial charge is 0.308 e. The van der Waals surface area contributed by atoms with Gasteiger partial charge in [-0.2, -0.15) is 0 Å². The van der Waals surface area contributed by atoms with Gasteiger partial charge in [-0.05, 0) is 24.4 Å². The number of rotatable bonds is 0. The van der Waals surface area contributed by atoms with Crippen molar-refractivity contribution >= 4 is 21.7 Å². The van der Waals surface area contributed by atoms with Crippen LogP contribution in [0.3, 0.4) is 0 Å². The summed E-state index contributed by atoms with van der Waals surface area (Å²) in [6, 6.07) is 6.59. The molecule has 3 nitrogen and oxygen atoms in total. The number of benzene rings is 1. The van der Waals surface area contributed by atoms with E-state index in [1.807, 2.05) is 6.07 Å². The van der Waals surface area contributed by atoms with Gasteiger partial charge in [-0.25, -0.2) is 4.39 Å². The van der Waals surface area contributed by atoms with E-state index in [-0.39, 0.29) is 11.4 Å². The predicted octanol–water partition coefficient (Wildman–Crippen LogP) is 2.53. The molecule has 0 unspecified atom stereocenters. The fourth-order valence-electron chi connectivity index (χ4n) is 2.40. The Hall–Kier alpha value is -2.23. The van der Waals surface area contributed by atoms with Crippen LogP contribution in [0.5, 0.6) is 0 Å². The third-order valence-electron chi connectivity index (χ3n) is 3.27. The van der Waals surface area contributed by atoms with Crippen molar-refractivity contribution in [2.45, 2.75) is 6.92 Å². The van der Waals surface area contributed by atoms with Crippen LogP contribution in [-0.2, 0) is 7.05 Å². The second kappa shape index (κ2) is 3.63. The quantitative estimate of drug-likeness (QED) is 0.568. The topological polar surface area (TPSA) is 34.9 Å². The lowest BCUT2D eigenvalue weighted by Gasteiger charge is -2.10. The highest BCUT2D eigenvalue weighted by Gasteiger charge is 2.13. The molecule has 0 saturated heterocycles. The molecule has 0 bridgehead atoms. The predicted molar refractivity (Wildman–Crippen MR) is 69.2 cm³/mol. The molecule has 1 aromatic carbocycles. The number of fused-ring (bicyclic) bond motifs is 3. The third kappa shape index (κ3) is 1.29. The van der Waals surface area contributed by atoms with E-state index in [1.54, 1.807) is 32.3 Å². The fraction of sp³-hybridized carbons (Fsp3) is 0.143. The Morgan fingerprint density at radius 3 is 2.78 bits per heavy atom. The molecule has 2 heterocycles. The van der Waals surface area contributed by atoms with Crippen molar-refractivity contribution in [2.75, 3.05) is 0 Å². The van der Waals surface area contributed by atoms with E-state index in [0.29, 0.717) is 16.6 Å². The summed E-state index contributed by atoms with van der Waals surface area (Å²) in [5.74, 6) is -0.386. The van der Waals surface area contributed by atoms with Crippen LogP contribution in [0.4, 0.5) is 4.39 Å². The first-order valence-corrected chi connectivity index (χ1v) is 5.64. The number of aromatic nitrogens is 2. The summed E-state index contributed by atoms with van der Waals surface area (Å²) in [6.45, 7) is 1.79. The van der Waals surface area contributed by atoms with Gasteiger partial charge in [-0.3, -0.25) is 9.78 Å². The highest BCUT2D eigenvalue weighted by molar-refractivity contribution is 6.06. The molecule has 0 aliphatic rings. The van der Waals surface area contributed by atoms with Gasteiger partial charge in [-0.1, -0.05) is 12.1 Å². The molecule has 3 rings (SSSR count). The molecule has 18 heavy (non-hydrogen) atoms. The summed E-state index contributed by atoms with van der Waals surface area (Å²) in [5, 5.41) is 2.04.